The van der Waals surface area contributed by atoms with E-state index in [1.54, 1.807) is 0 Å². The first-order valence-corrected chi connectivity index (χ1v) is 5.42. The summed E-state index contributed by atoms with van der Waals surface area (Å²) in [7, 11) is 0. The third-order valence-electron chi connectivity index (χ3n) is 1.44. The van der Waals surface area contributed by atoms with E-state index in [1.165, 1.54) is 12.1 Å². The maximum atomic E-state index is 13.1. The van der Waals surface area contributed by atoms with Crippen molar-refractivity contribution in [2.24, 2.45) is 0 Å². The second-order valence-electron chi connectivity index (χ2n) is 2.27. The number of alkyl halides is 1. The van der Waals surface area contributed by atoms with E-state index in [4.69, 9.17) is 11.6 Å². The van der Waals surface area contributed by atoms with Gasteiger partial charge in [-0.15, -0.1) is 11.6 Å². The number of carbonyl (C=O) groups is 1. The SMILES string of the molecule is O=C(CCl)c1c(F)ccc(Br)c1Br. The molecule has 0 radical (unpaired) electrons. The predicted molar refractivity (Wildman–Crippen MR) is 56.9 cm³/mol. The highest BCUT2D eigenvalue weighted by molar-refractivity contribution is 9.13. The lowest BCUT2D eigenvalue weighted by molar-refractivity contribution is 0.101. The fourth-order valence-electron chi connectivity index (χ4n) is 0.849. The summed E-state index contributed by atoms with van der Waals surface area (Å²) in [4.78, 5) is 11.2. The molecule has 13 heavy (non-hydrogen) atoms. The molecule has 5 heteroatoms. The molecule has 0 atom stereocenters. The molecule has 1 aromatic rings. The van der Waals surface area contributed by atoms with Crippen molar-refractivity contribution in [2.45, 2.75) is 0 Å². The summed E-state index contributed by atoms with van der Waals surface area (Å²) < 4.78 is 14.2. The van der Waals surface area contributed by atoms with Crippen LogP contribution >= 0.6 is 43.5 Å². The van der Waals surface area contributed by atoms with Gasteiger partial charge in [0, 0.05) is 8.95 Å². The third-order valence-corrected chi connectivity index (χ3v) is 3.70. The highest BCUT2D eigenvalue weighted by Gasteiger charge is 2.16. The molecule has 0 aliphatic rings. The van der Waals surface area contributed by atoms with Gasteiger partial charge in [0.05, 0.1) is 11.4 Å². The van der Waals surface area contributed by atoms with E-state index in [2.05, 4.69) is 31.9 Å². The molecule has 0 fully saturated rings. The van der Waals surface area contributed by atoms with Crippen molar-refractivity contribution < 1.29 is 9.18 Å². The first kappa shape index (κ1) is 11.1. The van der Waals surface area contributed by atoms with Crippen LogP contribution in [0.2, 0.25) is 0 Å². The molecule has 0 aliphatic carbocycles. The molecule has 0 amide bonds. The molecule has 0 bridgehead atoms. The highest BCUT2D eigenvalue weighted by Crippen LogP contribution is 2.29. The van der Waals surface area contributed by atoms with Crippen LogP contribution in [-0.2, 0) is 0 Å². The number of carbonyl (C=O) groups excluding carboxylic acids is 1. The first-order chi connectivity index (χ1) is 6.07. The van der Waals surface area contributed by atoms with Crippen molar-refractivity contribution in [3.8, 4) is 0 Å². The Bertz CT molecular complexity index is 354. The molecule has 1 aromatic carbocycles. The Hall–Kier alpha value is 0.0700. The third kappa shape index (κ3) is 2.30. The number of rotatable bonds is 2. The molecule has 0 heterocycles. The van der Waals surface area contributed by atoms with Gasteiger partial charge in [-0.05, 0) is 44.0 Å². The topological polar surface area (TPSA) is 17.1 Å². The van der Waals surface area contributed by atoms with E-state index < -0.39 is 11.6 Å². The van der Waals surface area contributed by atoms with Crippen LogP contribution in [0.1, 0.15) is 10.4 Å². The summed E-state index contributed by atoms with van der Waals surface area (Å²) in [6, 6.07) is 2.74. The number of hydrogen-bond acceptors (Lipinski definition) is 1. The predicted octanol–water partition coefficient (Wildman–Crippen LogP) is 3.77. The lowest BCUT2D eigenvalue weighted by Crippen LogP contribution is -2.05. The second-order valence-corrected chi connectivity index (χ2v) is 4.19. The molecule has 0 saturated carbocycles. The summed E-state index contributed by atoms with van der Waals surface area (Å²) in [6.45, 7) is 0. The largest absolute Gasteiger partial charge is 0.293 e. The van der Waals surface area contributed by atoms with Gasteiger partial charge in [0.1, 0.15) is 5.82 Å². The van der Waals surface area contributed by atoms with Crippen molar-refractivity contribution in [3.63, 3.8) is 0 Å². The minimum Gasteiger partial charge on any atom is -0.293 e. The van der Waals surface area contributed by atoms with Crippen molar-refractivity contribution in [1.82, 2.24) is 0 Å². The summed E-state index contributed by atoms with van der Waals surface area (Å²) in [5.74, 6) is -1.24. The van der Waals surface area contributed by atoms with Gasteiger partial charge in [-0.2, -0.15) is 0 Å². The standard InChI is InChI=1S/C8H4Br2ClFO/c9-4-1-2-5(12)7(8(4)10)6(13)3-11/h1-2H,3H2. The van der Waals surface area contributed by atoms with Crippen LogP contribution in [0.25, 0.3) is 0 Å². The highest BCUT2D eigenvalue weighted by atomic mass is 79.9. The number of Topliss-reactive ketones (excluding diaryl/α,β-unsaturated/α-hetero) is 1. The lowest BCUT2D eigenvalue weighted by Gasteiger charge is -2.04. The van der Waals surface area contributed by atoms with Gasteiger partial charge in [-0.1, -0.05) is 0 Å². The van der Waals surface area contributed by atoms with Crippen LogP contribution in [0, 0.1) is 5.82 Å². The monoisotopic (exact) mass is 328 g/mol. The molecular weight excluding hydrogens is 326 g/mol. The van der Waals surface area contributed by atoms with E-state index in [1.807, 2.05) is 0 Å². The Morgan fingerprint density at radius 2 is 2.08 bits per heavy atom. The van der Waals surface area contributed by atoms with Crippen molar-refractivity contribution in [3.05, 3.63) is 32.5 Å². The number of ketones is 1. The van der Waals surface area contributed by atoms with Crippen LogP contribution in [0.3, 0.4) is 0 Å². The molecule has 1 nitrogen and oxygen atoms in total. The van der Waals surface area contributed by atoms with E-state index >= 15 is 0 Å². The van der Waals surface area contributed by atoms with Crippen LogP contribution in [-0.4, -0.2) is 11.7 Å². The van der Waals surface area contributed by atoms with Gasteiger partial charge in [0.15, 0.2) is 5.78 Å². The summed E-state index contributed by atoms with van der Waals surface area (Å²) in [6.07, 6.45) is 0. The first-order valence-electron chi connectivity index (χ1n) is 3.30. The quantitative estimate of drug-likeness (QED) is 0.458. The fraction of sp³-hybridized carbons (Fsp3) is 0.125. The van der Waals surface area contributed by atoms with Gasteiger partial charge in [0.25, 0.3) is 0 Å². The maximum absolute atomic E-state index is 13.1. The van der Waals surface area contributed by atoms with Crippen molar-refractivity contribution >= 4 is 49.2 Å². The Morgan fingerprint density at radius 1 is 1.46 bits per heavy atom. The molecule has 0 aliphatic heterocycles. The summed E-state index contributed by atoms with van der Waals surface area (Å²) >= 11 is 11.6. The molecular formula is C8H4Br2ClFO. The molecule has 0 unspecified atom stereocenters. The van der Waals surface area contributed by atoms with Crippen LogP contribution in [0.15, 0.2) is 21.1 Å². The molecule has 0 N–H and O–H groups in total. The van der Waals surface area contributed by atoms with Crippen LogP contribution in [0.4, 0.5) is 4.39 Å². The fourth-order valence-corrected chi connectivity index (χ4v) is 1.86. The van der Waals surface area contributed by atoms with E-state index in [9.17, 15) is 9.18 Å². The van der Waals surface area contributed by atoms with E-state index in [-0.39, 0.29) is 11.4 Å². The lowest BCUT2D eigenvalue weighted by atomic mass is 10.1. The van der Waals surface area contributed by atoms with Crippen molar-refractivity contribution in [2.75, 3.05) is 5.88 Å². The van der Waals surface area contributed by atoms with Crippen molar-refractivity contribution in [1.29, 1.82) is 0 Å². The second kappa shape index (κ2) is 4.53. The van der Waals surface area contributed by atoms with Gasteiger partial charge in [-0.25, -0.2) is 4.39 Å². The Kier molecular flexibility index (Phi) is 3.88. The molecule has 1 rings (SSSR count). The number of halogens is 4. The Labute approximate surface area is 96.5 Å². The van der Waals surface area contributed by atoms with E-state index in [0.717, 1.165) is 0 Å². The van der Waals surface area contributed by atoms with Crippen LogP contribution in [0.5, 0.6) is 0 Å². The van der Waals surface area contributed by atoms with Gasteiger partial charge < -0.3 is 0 Å². The van der Waals surface area contributed by atoms with E-state index in [0.29, 0.717) is 8.95 Å². The van der Waals surface area contributed by atoms with Gasteiger partial charge in [0.2, 0.25) is 0 Å². The Balaban J connectivity index is 3.33. The number of benzene rings is 1. The van der Waals surface area contributed by atoms with Crippen LogP contribution < -0.4 is 0 Å². The normalized spacial score (nSPS) is 10.2. The molecule has 0 saturated heterocycles. The minimum atomic E-state index is -0.569. The molecule has 70 valence electrons. The number of hydrogen-bond donors (Lipinski definition) is 0. The zero-order valence-corrected chi connectivity index (χ0v) is 10.2. The minimum absolute atomic E-state index is 0.00984. The van der Waals surface area contributed by atoms with Gasteiger partial charge >= 0.3 is 0 Å². The van der Waals surface area contributed by atoms with Gasteiger partial charge in [-0.3, -0.25) is 4.79 Å². The smallest absolute Gasteiger partial charge is 0.181 e. The average Bonchev–Trinajstić information content (AvgIpc) is 2.12. The average molecular weight is 330 g/mol. The molecule has 0 spiro atoms. The zero-order chi connectivity index (χ0) is 10.0. The summed E-state index contributed by atoms with van der Waals surface area (Å²) in [5, 5.41) is 0. The summed E-state index contributed by atoms with van der Waals surface area (Å²) in [5.41, 5.74) is -0.00984. The molecule has 0 aromatic heterocycles. The zero-order valence-electron chi connectivity index (χ0n) is 6.28. The maximum Gasteiger partial charge on any atom is 0.181 e. The Morgan fingerprint density at radius 3 is 2.62 bits per heavy atom.